The Morgan fingerprint density at radius 2 is 1.18 bits per heavy atom. The summed E-state index contributed by atoms with van der Waals surface area (Å²) >= 11 is 11.7. The summed E-state index contributed by atoms with van der Waals surface area (Å²) < 4.78 is 21.5. The highest BCUT2D eigenvalue weighted by Crippen LogP contribution is 2.25. The SMILES string of the molecule is O=C(OCC1(COC(=O)c2ccc(Cl)cc2)COCOC1)c1ccc(Cl)cc1. The summed E-state index contributed by atoms with van der Waals surface area (Å²) in [5, 5.41) is 1.05. The summed E-state index contributed by atoms with van der Waals surface area (Å²) in [6, 6.07) is 12.7. The van der Waals surface area contributed by atoms with E-state index in [1.807, 2.05) is 0 Å². The number of rotatable bonds is 6. The Morgan fingerprint density at radius 1 is 0.786 bits per heavy atom. The first-order chi connectivity index (χ1) is 13.5. The number of ether oxygens (including phenoxy) is 4. The summed E-state index contributed by atoms with van der Waals surface area (Å²) in [6.45, 7) is 0.548. The Balaban J connectivity index is 1.61. The topological polar surface area (TPSA) is 71.1 Å². The van der Waals surface area contributed by atoms with E-state index >= 15 is 0 Å². The van der Waals surface area contributed by atoms with Crippen molar-refractivity contribution in [3.8, 4) is 0 Å². The smallest absolute Gasteiger partial charge is 0.338 e. The van der Waals surface area contributed by atoms with Gasteiger partial charge in [0.2, 0.25) is 0 Å². The minimum absolute atomic E-state index is 0.0254. The summed E-state index contributed by atoms with van der Waals surface area (Å²) in [4.78, 5) is 24.5. The van der Waals surface area contributed by atoms with Gasteiger partial charge in [0.1, 0.15) is 20.0 Å². The van der Waals surface area contributed by atoms with E-state index in [2.05, 4.69) is 0 Å². The number of benzene rings is 2. The first-order valence-electron chi connectivity index (χ1n) is 8.48. The van der Waals surface area contributed by atoms with Crippen molar-refractivity contribution < 1.29 is 28.5 Å². The van der Waals surface area contributed by atoms with Crippen LogP contribution in [0.2, 0.25) is 10.0 Å². The third-order valence-electron chi connectivity index (χ3n) is 4.16. The molecule has 1 heterocycles. The molecule has 0 bridgehead atoms. The molecule has 0 unspecified atom stereocenters. The number of halogens is 2. The third kappa shape index (κ3) is 5.45. The zero-order valence-corrected chi connectivity index (χ0v) is 16.4. The van der Waals surface area contributed by atoms with Gasteiger partial charge in [0.25, 0.3) is 0 Å². The Kier molecular flexibility index (Phi) is 6.91. The number of hydrogen-bond acceptors (Lipinski definition) is 6. The van der Waals surface area contributed by atoms with E-state index in [1.54, 1.807) is 48.5 Å². The van der Waals surface area contributed by atoms with Gasteiger partial charge in [0, 0.05) is 10.0 Å². The van der Waals surface area contributed by atoms with E-state index in [9.17, 15) is 9.59 Å². The van der Waals surface area contributed by atoms with Crippen LogP contribution in [0, 0.1) is 5.41 Å². The predicted octanol–water partition coefficient (Wildman–Crippen LogP) is 4.00. The lowest BCUT2D eigenvalue weighted by atomic mass is 9.91. The standard InChI is InChI=1S/C20H18Cl2O6/c21-16-5-1-14(2-6-16)18(23)27-11-20(9-25-13-26-10-20)12-28-19(24)15-3-7-17(22)8-4-15/h1-8H,9-13H2. The van der Waals surface area contributed by atoms with Gasteiger partial charge < -0.3 is 18.9 Å². The lowest BCUT2D eigenvalue weighted by molar-refractivity contribution is -0.187. The van der Waals surface area contributed by atoms with Gasteiger partial charge in [-0.2, -0.15) is 0 Å². The molecule has 0 aliphatic carbocycles. The van der Waals surface area contributed by atoms with Crippen LogP contribution in [0.25, 0.3) is 0 Å². The van der Waals surface area contributed by atoms with E-state index in [0.717, 1.165) is 0 Å². The fraction of sp³-hybridized carbons (Fsp3) is 0.300. The van der Waals surface area contributed by atoms with Crippen molar-refractivity contribution in [2.75, 3.05) is 33.2 Å². The van der Waals surface area contributed by atoms with Gasteiger partial charge in [-0.25, -0.2) is 9.59 Å². The van der Waals surface area contributed by atoms with Crippen LogP contribution in [-0.2, 0) is 18.9 Å². The molecule has 1 aliphatic heterocycles. The van der Waals surface area contributed by atoms with E-state index in [0.29, 0.717) is 21.2 Å². The molecule has 28 heavy (non-hydrogen) atoms. The summed E-state index contributed by atoms with van der Waals surface area (Å²) in [5.74, 6) is -1.02. The molecule has 1 aliphatic rings. The Hall–Kier alpha value is -2.12. The van der Waals surface area contributed by atoms with Gasteiger partial charge in [-0.3, -0.25) is 0 Å². The summed E-state index contributed by atoms with van der Waals surface area (Å²) in [6.07, 6.45) is 0. The maximum absolute atomic E-state index is 12.3. The van der Waals surface area contributed by atoms with Crippen LogP contribution in [0.4, 0.5) is 0 Å². The molecule has 1 fully saturated rings. The number of hydrogen-bond donors (Lipinski definition) is 0. The highest BCUT2D eigenvalue weighted by atomic mass is 35.5. The zero-order valence-electron chi connectivity index (χ0n) is 14.9. The van der Waals surface area contributed by atoms with Crippen LogP contribution in [0.3, 0.4) is 0 Å². The van der Waals surface area contributed by atoms with Crippen molar-refractivity contribution in [3.05, 3.63) is 69.7 Å². The molecule has 6 nitrogen and oxygen atoms in total. The maximum Gasteiger partial charge on any atom is 0.338 e. The predicted molar refractivity (Wildman–Crippen MR) is 103 cm³/mol. The quantitative estimate of drug-likeness (QED) is 0.652. The van der Waals surface area contributed by atoms with Crippen molar-refractivity contribution in [1.82, 2.24) is 0 Å². The van der Waals surface area contributed by atoms with Crippen LogP contribution >= 0.6 is 23.2 Å². The molecular formula is C20H18Cl2O6. The summed E-state index contributed by atoms with van der Waals surface area (Å²) in [5.41, 5.74) is -0.0479. The van der Waals surface area contributed by atoms with Gasteiger partial charge >= 0.3 is 11.9 Å². The monoisotopic (exact) mass is 424 g/mol. The minimum Gasteiger partial charge on any atom is -0.461 e. The number of carbonyl (C=O) groups excluding carboxylic acids is 2. The molecule has 0 saturated carbocycles. The van der Waals surface area contributed by atoms with Crippen LogP contribution in [0.15, 0.2) is 48.5 Å². The van der Waals surface area contributed by atoms with E-state index in [-0.39, 0.29) is 33.2 Å². The van der Waals surface area contributed by atoms with Crippen molar-refractivity contribution in [2.24, 2.45) is 5.41 Å². The number of esters is 2. The first-order valence-corrected chi connectivity index (χ1v) is 9.24. The largest absolute Gasteiger partial charge is 0.461 e. The normalized spacial score (nSPS) is 15.6. The molecule has 0 aromatic heterocycles. The molecule has 3 rings (SSSR count). The second-order valence-corrected chi connectivity index (χ2v) is 7.35. The molecule has 8 heteroatoms. The van der Waals surface area contributed by atoms with Crippen molar-refractivity contribution >= 4 is 35.1 Å². The third-order valence-corrected chi connectivity index (χ3v) is 4.67. The van der Waals surface area contributed by atoms with Crippen LogP contribution in [-0.4, -0.2) is 45.2 Å². The second kappa shape index (κ2) is 9.39. The fourth-order valence-corrected chi connectivity index (χ4v) is 2.85. The molecule has 0 atom stereocenters. The lowest BCUT2D eigenvalue weighted by Gasteiger charge is -2.35. The molecular weight excluding hydrogens is 407 g/mol. The lowest BCUT2D eigenvalue weighted by Crippen LogP contribution is -2.46. The minimum atomic E-state index is -0.789. The van der Waals surface area contributed by atoms with Gasteiger partial charge in [-0.05, 0) is 48.5 Å². The van der Waals surface area contributed by atoms with Crippen molar-refractivity contribution in [2.45, 2.75) is 0 Å². The molecule has 1 saturated heterocycles. The Labute approximate surface area is 172 Å². The van der Waals surface area contributed by atoms with Crippen molar-refractivity contribution in [1.29, 1.82) is 0 Å². The van der Waals surface area contributed by atoms with Crippen LogP contribution in [0.5, 0.6) is 0 Å². The first kappa shape index (κ1) is 20.6. The fourth-order valence-electron chi connectivity index (χ4n) is 2.60. The van der Waals surface area contributed by atoms with Gasteiger partial charge in [0.05, 0.1) is 29.8 Å². The van der Waals surface area contributed by atoms with Gasteiger partial charge in [-0.15, -0.1) is 0 Å². The van der Waals surface area contributed by atoms with E-state index < -0.39 is 17.4 Å². The van der Waals surface area contributed by atoms with Crippen LogP contribution in [0.1, 0.15) is 20.7 Å². The number of carbonyl (C=O) groups is 2. The second-order valence-electron chi connectivity index (χ2n) is 6.48. The van der Waals surface area contributed by atoms with Gasteiger partial charge in [-0.1, -0.05) is 23.2 Å². The van der Waals surface area contributed by atoms with E-state index in [4.69, 9.17) is 42.1 Å². The molecule has 2 aromatic rings. The molecule has 148 valence electrons. The van der Waals surface area contributed by atoms with Gasteiger partial charge in [0.15, 0.2) is 0 Å². The maximum atomic E-state index is 12.3. The average molecular weight is 425 g/mol. The molecule has 2 aromatic carbocycles. The van der Waals surface area contributed by atoms with E-state index in [1.165, 1.54) is 0 Å². The summed E-state index contributed by atoms with van der Waals surface area (Å²) in [7, 11) is 0. The Bertz CT molecular complexity index is 750. The zero-order chi connectivity index (χ0) is 20.0. The highest BCUT2D eigenvalue weighted by molar-refractivity contribution is 6.30. The molecule has 0 N–H and O–H groups in total. The molecule has 0 radical (unpaired) electrons. The molecule has 0 amide bonds. The van der Waals surface area contributed by atoms with Crippen molar-refractivity contribution in [3.63, 3.8) is 0 Å². The average Bonchev–Trinajstić information content (AvgIpc) is 2.72. The Morgan fingerprint density at radius 3 is 1.57 bits per heavy atom. The van der Waals surface area contributed by atoms with Crippen LogP contribution < -0.4 is 0 Å². The highest BCUT2D eigenvalue weighted by Gasteiger charge is 2.37. The molecule has 0 spiro atoms.